The number of nitrogens with zero attached hydrogens (tertiary/aromatic N) is 2. The number of carbonyl (C=O) groups is 4. The van der Waals surface area contributed by atoms with Gasteiger partial charge in [0.2, 0.25) is 17.7 Å². The third kappa shape index (κ3) is 15.1. The Hall–Kier alpha value is -3.66. The van der Waals surface area contributed by atoms with Crippen molar-refractivity contribution in [3.05, 3.63) is 0 Å². The topological polar surface area (TPSA) is 300 Å². The number of hydrogen-bond donors (Lipinski definition) is 10. The van der Waals surface area contributed by atoms with Crippen LogP contribution in [0.1, 0.15) is 46.0 Å². The van der Waals surface area contributed by atoms with E-state index in [0.717, 1.165) is 0 Å². The fourth-order valence-corrected chi connectivity index (χ4v) is 3.17. The van der Waals surface area contributed by atoms with Gasteiger partial charge >= 0.3 is 5.97 Å². The number of guanidine groups is 2. The van der Waals surface area contributed by atoms with Crippen LogP contribution < -0.4 is 44.6 Å². The Morgan fingerprint density at radius 3 is 1.62 bits per heavy atom. The fourth-order valence-electron chi connectivity index (χ4n) is 3.17. The molecule has 212 valence electrons. The van der Waals surface area contributed by atoms with E-state index in [2.05, 4.69) is 25.9 Å². The zero-order valence-electron chi connectivity index (χ0n) is 21.4. The first-order valence-corrected chi connectivity index (χ1v) is 11.9. The van der Waals surface area contributed by atoms with E-state index in [0.29, 0.717) is 6.42 Å². The van der Waals surface area contributed by atoms with Crippen molar-refractivity contribution in [2.45, 2.75) is 70.1 Å². The van der Waals surface area contributed by atoms with Gasteiger partial charge in [0.1, 0.15) is 18.1 Å². The van der Waals surface area contributed by atoms with Crippen molar-refractivity contribution in [1.82, 2.24) is 16.0 Å². The van der Waals surface area contributed by atoms with E-state index in [1.807, 2.05) is 13.8 Å². The lowest BCUT2D eigenvalue weighted by Gasteiger charge is -2.24. The number of carboxylic acid groups (broad SMARTS) is 1. The Morgan fingerprint density at radius 2 is 1.19 bits per heavy atom. The van der Waals surface area contributed by atoms with Crippen LogP contribution in [0.2, 0.25) is 0 Å². The normalized spacial score (nSPS) is 14.0. The van der Waals surface area contributed by atoms with Gasteiger partial charge in [0.05, 0.1) is 12.6 Å². The van der Waals surface area contributed by atoms with Crippen molar-refractivity contribution >= 4 is 35.6 Å². The Kier molecular flexibility index (Phi) is 16.0. The average Bonchev–Trinajstić information content (AvgIpc) is 2.79. The second-order valence-electron chi connectivity index (χ2n) is 8.84. The van der Waals surface area contributed by atoms with E-state index in [1.54, 1.807) is 0 Å². The van der Waals surface area contributed by atoms with Crippen LogP contribution in [0.25, 0.3) is 0 Å². The summed E-state index contributed by atoms with van der Waals surface area (Å²) in [5.74, 6) is -3.73. The van der Waals surface area contributed by atoms with Gasteiger partial charge in [0.25, 0.3) is 0 Å². The molecule has 37 heavy (non-hydrogen) atoms. The maximum atomic E-state index is 12.9. The number of nitrogens with one attached hydrogen (secondary N) is 3. The Balaban J connectivity index is 5.42. The van der Waals surface area contributed by atoms with Crippen molar-refractivity contribution in [3.8, 4) is 0 Å². The van der Waals surface area contributed by atoms with E-state index >= 15 is 0 Å². The molecule has 0 radical (unpaired) electrons. The highest BCUT2D eigenvalue weighted by atomic mass is 16.4. The molecule has 0 saturated carbocycles. The minimum absolute atomic E-state index is 0.0234. The molecule has 3 amide bonds. The van der Waals surface area contributed by atoms with Gasteiger partial charge in [-0.25, -0.2) is 4.79 Å². The molecule has 0 rings (SSSR count). The molecule has 0 heterocycles. The summed E-state index contributed by atoms with van der Waals surface area (Å²) in [5.41, 5.74) is 26.9. The highest BCUT2D eigenvalue weighted by molar-refractivity contribution is 5.94. The summed E-state index contributed by atoms with van der Waals surface area (Å²) in [5, 5.41) is 26.3. The van der Waals surface area contributed by atoms with Crippen LogP contribution in [0.15, 0.2) is 9.98 Å². The predicted molar refractivity (Wildman–Crippen MR) is 138 cm³/mol. The van der Waals surface area contributed by atoms with Gasteiger partial charge in [-0.05, 0) is 38.0 Å². The number of aliphatic hydroxyl groups is 1. The van der Waals surface area contributed by atoms with Crippen LogP contribution in [-0.2, 0) is 19.2 Å². The van der Waals surface area contributed by atoms with Crippen LogP contribution in [0.4, 0.5) is 0 Å². The standard InChI is InChI=1S/C21H42N10O6/c1-11(2)9-12(22)16(33)31-15(10-32)18(35)29-13(5-3-7-27-20(23)24)17(34)30-14(19(36)37)6-4-8-28-21(25)26/h11-15,32H,3-10,22H2,1-2H3,(H,29,35)(H,30,34)(H,31,33)(H,36,37)(H4,23,24,27)(H4,25,26,28). The van der Waals surface area contributed by atoms with E-state index in [1.165, 1.54) is 0 Å². The Morgan fingerprint density at radius 1 is 0.757 bits per heavy atom. The molecule has 0 spiro atoms. The van der Waals surface area contributed by atoms with Gasteiger partial charge in [-0.2, -0.15) is 0 Å². The first-order valence-electron chi connectivity index (χ1n) is 11.9. The molecule has 0 aliphatic rings. The molecule has 0 aliphatic heterocycles. The Bertz CT molecular complexity index is 812. The lowest BCUT2D eigenvalue weighted by molar-refractivity contribution is -0.142. The van der Waals surface area contributed by atoms with Gasteiger partial charge in [-0.3, -0.25) is 24.4 Å². The van der Waals surface area contributed by atoms with Gasteiger partial charge in [0, 0.05) is 13.1 Å². The molecule has 0 aromatic carbocycles. The fraction of sp³-hybridized carbons (Fsp3) is 0.714. The first-order chi connectivity index (χ1) is 17.3. The van der Waals surface area contributed by atoms with Crippen molar-refractivity contribution < 1.29 is 29.4 Å². The highest BCUT2D eigenvalue weighted by Gasteiger charge is 2.30. The summed E-state index contributed by atoms with van der Waals surface area (Å²) < 4.78 is 0. The van der Waals surface area contributed by atoms with Crippen molar-refractivity contribution in [2.24, 2.45) is 44.6 Å². The van der Waals surface area contributed by atoms with E-state index in [-0.39, 0.29) is 56.6 Å². The molecule has 4 atom stereocenters. The quantitative estimate of drug-likeness (QED) is 0.0462. The van der Waals surface area contributed by atoms with Crippen LogP contribution in [0, 0.1) is 5.92 Å². The zero-order chi connectivity index (χ0) is 28.5. The number of rotatable bonds is 18. The van der Waals surface area contributed by atoms with Gasteiger partial charge < -0.3 is 54.8 Å². The van der Waals surface area contributed by atoms with Crippen molar-refractivity contribution in [2.75, 3.05) is 19.7 Å². The summed E-state index contributed by atoms with van der Waals surface area (Å²) >= 11 is 0. The lowest BCUT2D eigenvalue weighted by atomic mass is 10.0. The summed E-state index contributed by atoms with van der Waals surface area (Å²) in [6, 6.07) is -4.76. The third-order valence-electron chi connectivity index (χ3n) is 5.02. The first kappa shape index (κ1) is 33.3. The monoisotopic (exact) mass is 530 g/mol. The van der Waals surface area contributed by atoms with Crippen LogP contribution in [-0.4, -0.2) is 89.7 Å². The molecule has 4 unspecified atom stereocenters. The number of aliphatic hydroxyl groups excluding tert-OH is 1. The van der Waals surface area contributed by atoms with Gasteiger partial charge in [-0.1, -0.05) is 13.8 Å². The smallest absolute Gasteiger partial charge is 0.326 e. The van der Waals surface area contributed by atoms with Gasteiger partial charge in [0.15, 0.2) is 11.9 Å². The maximum Gasteiger partial charge on any atom is 0.326 e. The Labute approximate surface area is 215 Å². The third-order valence-corrected chi connectivity index (χ3v) is 5.02. The van der Waals surface area contributed by atoms with E-state index in [9.17, 15) is 29.4 Å². The molecule has 0 aromatic rings. The number of carbonyl (C=O) groups excluding carboxylic acids is 3. The molecule has 16 nitrogen and oxygen atoms in total. The molecule has 0 aliphatic carbocycles. The number of carboxylic acids is 1. The predicted octanol–water partition coefficient (Wildman–Crippen LogP) is -4.00. The van der Waals surface area contributed by atoms with E-state index < -0.39 is 54.5 Å². The molecule has 15 N–H and O–H groups in total. The molecule has 0 bridgehead atoms. The summed E-state index contributed by atoms with van der Waals surface area (Å²) in [6.07, 6.45) is 0.949. The molecule has 0 aromatic heterocycles. The summed E-state index contributed by atoms with van der Waals surface area (Å²) in [4.78, 5) is 57.2. The second-order valence-corrected chi connectivity index (χ2v) is 8.84. The molecular formula is C21H42N10O6. The highest BCUT2D eigenvalue weighted by Crippen LogP contribution is 2.05. The molecule has 16 heteroatoms. The number of aliphatic imine (C=N–C) groups is 2. The maximum absolute atomic E-state index is 12.9. The lowest BCUT2D eigenvalue weighted by Crippen LogP contribution is -2.58. The van der Waals surface area contributed by atoms with Crippen LogP contribution in [0.3, 0.4) is 0 Å². The average molecular weight is 531 g/mol. The molecule has 0 saturated heterocycles. The van der Waals surface area contributed by atoms with Crippen molar-refractivity contribution in [1.29, 1.82) is 0 Å². The number of hydrogen-bond acceptors (Lipinski definition) is 8. The molecule has 0 fully saturated rings. The second kappa shape index (κ2) is 17.7. The zero-order valence-corrected chi connectivity index (χ0v) is 21.4. The van der Waals surface area contributed by atoms with Crippen molar-refractivity contribution in [3.63, 3.8) is 0 Å². The van der Waals surface area contributed by atoms with E-state index in [4.69, 9.17) is 28.7 Å². The number of amides is 3. The largest absolute Gasteiger partial charge is 0.480 e. The minimum atomic E-state index is -1.38. The van der Waals surface area contributed by atoms with Crippen LogP contribution >= 0.6 is 0 Å². The SMILES string of the molecule is CC(C)CC(N)C(=O)NC(CO)C(=O)NC(CCCN=C(N)N)C(=O)NC(CCCN=C(N)N)C(=O)O. The number of aliphatic carboxylic acids is 1. The number of nitrogens with two attached hydrogens (primary N) is 5. The minimum Gasteiger partial charge on any atom is -0.480 e. The summed E-state index contributed by atoms with van der Waals surface area (Å²) in [7, 11) is 0. The van der Waals surface area contributed by atoms with Crippen LogP contribution in [0.5, 0.6) is 0 Å². The summed E-state index contributed by atoms with van der Waals surface area (Å²) in [6.45, 7) is 3.31. The van der Waals surface area contributed by atoms with Gasteiger partial charge in [-0.15, -0.1) is 0 Å². The molecular weight excluding hydrogens is 488 g/mol.